The monoisotopic (exact) mass is 383 g/mol. The van der Waals surface area contributed by atoms with Crippen molar-refractivity contribution in [2.75, 3.05) is 6.54 Å². The second kappa shape index (κ2) is 6.62. The van der Waals surface area contributed by atoms with Crippen molar-refractivity contribution in [1.82, 2.24) is 24.7 Å². The zero-order chi connectivity index (χ0) is 20.1. The van der Waals surface area contributed by atoms with E-state index in [1.807, 2.05) is 50.3 Å². The minimum atomic E-state index is -0.0191. The Balaban J connectivity index is 1.50. The second-order valence-electron chi connectivity index (χ2n) is 7.79. The van der Waals surface area contributed by atoms with Gasteiger partial charge in [-0.25, -0.2) is 4.52 Å². The van der Waals surface area contributed by atoms with Crippen LogP contribution in [0.3, 0.4) is 0 Å². The van der Waals surface area contributed by atoms with Crippen LogP contribution in [0.4, 0.5) is 0 Å². The summed E-state index contributed by atoms with van der Waals surface area (Å²) >= 11 is 0. The molecule has 1 aliphatic heterocycles. The highest BCUT2D eigenvalue weighted by Crippen LogP contribution is 2.37. The van der Waals surface area contributed by atoms with Gasteiger partial charge < -0.3 is 4.90 Å². The molecule has 0 aliphatic carbocycles. The van der Waals surface area contributed by atoms with E-state index in [2.05, 4.69) is 40.4 Å². The molecule has 0 radical (unpaired) electrons. The number of benzene rings is 1. The molecule has 4 aromatic rings. The van der Waals surface area contributed by atoms with Crippen LogP contribution in [0.5, 0.6) is 0 Å². The number of nitrogens with one attached hydrogen (secondary N) is 1. The predicted molar refractivity (Wildman–Crippen MR) is 115 cm³/mol. The Kier molecular flexibility index (Phi) is 4.05. The number of aromatic amines is 1. The fourth-order valence-electron chi connectivity index (χ4n) is 4.37. The molecule has 4 heterocycles. The molecule has 5 rings (SSSR count). The topological polar surface area (TPSA) is 66.3 Å². The molecule has 6 nitrogen and oxygen atoms in total. The molecule has 0 spiro atoms. The fraction of sp³-hybridized carbons (Fsp3) is 0.227. The Morgan fingerprint density at radius 1 is 1.24 bits per heavy atom. The third-order valence-corrected chi connectivity index (χ3v) is 5.94. The molecule has 1 amide bonds. The molecular formula is C22H22BN5O. The molecule has 1 aliphatic rings. The Labute approximate surface area is 170 Å². The van der Waals surface area contributed by atoms with Crippen LogP contribution in [0.15, 0.2) is 48.8 Å². The number of pyridine rings is 1. The van der Waals surface area contributed by atoms with Crippen LogP contribution in [0.25, 0.3) is 16.6 Å². The van der Waals surface area contributed by atoms with E-state index in [9.17, 15) is 4.79 Å². The van der Waals surface area contributed by atoms with Gasteiger partial charge >= 0.3 is 0 Å². The summed E-state index contributed by atoms with van der Waals surface area (Å²) in [5.74, 6) is -0.0191. The van der Waals surface area contributed by atoms with Gasteiger partial charge in [-0.3, -0.25) is 9.89 Å². The zero-order valence-electron chi connectivity index (χ0n) is 16.8. The van der Waals surface area contributed by atoms with Gasteiger partial charge in [0.2, 0.25) is 0 Å². The van der Waals surface area contributed by atoms with Crippen LogP contribution in [0.1, 0.15) is 40.3 Å². The second-order valence-corrected chi connectivity index (χ2v) is 7.79. The molecular weight excluding hydrogens is 361 g/mol. The van der Waals surface area contributed by atoms with Gasteiger partial charge in [0, 0.05) is 24.5 Å². The van der Waals surface area contributed by atoms with Gasteiger partial charge in [0.15, 0.2) is 5.69 Å². The maximum atomic E-state index is 13.3. The number of aryl methyl sites for hydroxylation is 1. The minimum absolute atomic E-state index is 0.00930. The molecule has 1 atom stereocenters. The quantitative estimate of drug-likeness (QED) is 0.539. The highest BCUT2D eigenvalue weighted by Gasteiger charge is 2.31. The summed E-state index contributed by atoms with van der Waals surface area (Å²) in [6.07, 6.45) is 4.71. The third-order valence-electron chi connectivity index (χ3n) is 5.94. The number of carbonyl (C=O) groups excluding carboxylic acids is 1. The van der Waals surface area contributed by atoms with Gasteiger partial charge in [0.25, 0.3) is 5.91 Å². The highest BCUT2D eigenvalue weighted by molar-refractivity contribution is 6.32. The summed E-state index contributed by atoms with van der Waals surface area (Å²) in [6, 6.07) is 12.2. The van der Waals surface area contributed by atoms with E-state index < -0.39 is 0 Å². The van der Waals surface area contributed by atoms with E-state index in [0.717, 1.165) is 28.7 Å². The molecule has 7 heteroatoms. The molecule has 1 N–H and O–H groups in total. The number of aromatic nitrogens is 4. The lowest BCUT2D eigenvalue weighted by molar-refractivity contribution is 0.0671. The lowest BCUT2D eigenvalue weighted by Gasteiger charge is -2.35. The van der Waals surface area contributed by atoms with Crippen molar-refractivity contribution < 1.29 is 4.79 Å². The Hall–Kier alpha value is -3.35. The molecule has 0 fully saturated rings. The van der Waals surface area contributed by atoms with Gasteiger partial charge in [-0.1, -0.05) is 29.7 Å². The summed E-state index contributed by atoms with van der Waals surface area (Å²) < 4.78 is 1.78. The standard InChI is InChI=1S/C22H22BN5O/c1-13-20(11-24-25-13)18-5-3-4-17-14(2)27(9-8-19(17)18)22(29)21-10-16-7-6-15(23)12-28(16)26-21/h3-7,10-12,14H,8-9,23H2,1-2H3,(H,24,25). The molecule has 0 bridgehead atoms. The fourth-order valence-corrected chi connectivity index (χ4v) is 4.37. The maximum absolute atomic E-state index is 13.3. The normalized spacial score (nSPS) is 16.2. The van der Waals surface area contributed by atoms with E-state index in [0.29, 0.717) is 12.2 Å². The highest BCUT2D eigenvalue weighted by atomic mass is 16.2. The number of fused-ring (bicyclic) bond motifs is 2. The van der Waals surface area contributed by atoms with Crippen molar-refractivity contribution in [2.24, 2.45) is 0 Å². The molecule has 144 valence electrons. The molecule has 0 saturated heterocycles. The first-order valence-corrected chi connectivity index (χ1v) is 9.92. The summed E-state index contributed by atoms with van der Waals surface area (Å²) in [5.41, 5.74) is 8.36. The summed E-state index contributed by atoms with van der Waals surface area (Å²) in [7, 11) is 2.02. The molecule has 29 heavy (non-hydrogen) atoms. The van der Waals surface area contributed by atoms with E-state index in [-0.39, 0.29) is 11.9 Å². The van der Waals surface area contributed by atoms with E-state index in [1.54, 1.807) is 4.52 Å². The molecule has 1 unspecified atom stereocenters. The molecule has 1 aromatic carbocycles. The number of nitrogens with zero attached hydrogens (tertiary/aromatic N) is 4. The number of rotatable bonds is 2. The van der Waals surface area contributed by atoms with Gasteiger partial charge in [-0.2, -0.15) is 10.2 Å². The number of H-pyrrole nitrogens is 1. The lowest BCUT2D eigenvalue weighted by Crippen LogP contribution is -2.39. The summed E-state index contributed by atoms with van der Waals surface area (Å²) in [5, 5.41) is 11.7. The van der Waals surface area contributed by atoms with Gasteiger partial charge in [-0.15, -0.1) is 0 Å². The molecule has 0 saturated carbocycles. The lowest BCUT2D eigenvalue weighted by atomic mass is 9.87. The first-order valence-electron chi connectivity index (χ1n) is 9.92. The average Bonchev–Trinajstić information content (AvgIpc) is 3.33. The van der Waals surface area contributed by atoms with Crippen molar-refractivity contribution in [3.8, 4) is 11.1 Å². The smallest absolute Gasteiger partial charge is 0.274 e. The number of carbonyl (C=O) groups is 1. The first-order chi connectivity index (χ1) is 14.0. The SMILES string of the molecule is Bc1ccc2cc(C(=O)N3CCc4c(-c5c[nH]nc5C)cccc4C3C)nn2c1. The Morgan fingerprint density at radius 3 is 2.90 bits per heavy atom. The van der Waals surface area contributed by atoms with Crippen LogP contribution in [-0.2, 0) is 6.42 Å². The summed E-state index contributed by atoms with van der Waals surface area (Å²) in [4.78, 5) is 15.2. The minimum Gasteiger partial charge on any atom is -0.330 e. The van der Waals surface area contributed by atoms with Crippen LogP contribution in [0, 0.1) is 6.92 Å². The third kappa shape index (κ3) is 2.85. The van der Waals surface area contributed by atoms with E-state index in [4.69, 9.17) is 0 Å². The summed E-state index contributed by atoms with van der Waals surface area (Å²) in [6.45, 7) is 4.79. The largest absolute Gasteiger partial charge is 0.330 e. The zero-order valence-corrected chi connectivity index (χ0v) is 16.8. The van der Waals surface area contributed by atoms with Crippen molar-refractivity contribution in [3.63, 3.8) is 0 Å². The first kappa shape index (κ1) is 17.7. The number of amides is 1. The number of hydrogen-bond donors (Lipinski definition) is 1. The van der Waals surface area contributed by atoms with Crippen molar-refractivity contribution in [3.05, 3.63) is 71.3 Å². The van der Waals surface area contributed by atoms with Crippen LogP contribution >= 0.6 is 0 Å². The van der Waals surface area contributed by atoms with Crippen molar-refractivity contribution in [1.29, 1.82) is 0 Å². The Morgan fingerprint density at radius 2 is 2.10 bits per heavy atom. The Bertz CT molecular complexity index is 1240. The van der Waals surface area contributed by atoms with E-state index in [1.165, 1.54) is 16.7 Å². The predicted octanol–water partition coefficient (Wildman–Crippen LogP) is 2.05. The average molecular weight is 383 g/mol. The molecule has 3 aromatic heterocycles. The van der Waals surface area contributed by atoms with Crippen molar-refractivity contribution >= 4 is 24.7 Å². The van der Waals surface area contributed by atoms with Crippen molar-refractivity contribution in [2.45, 2.75) is 26.3 Å². The van der Waals surface area contributed by atoms with Gasteiger partial charge in [-0.05, 0) is 49.1 Å². The van der Waals surface area contributed by atoms with Crippen LogP contribution < -0.4 is 5.46 Å². The van der Waals surface area contributed by atoms with Gasteiger partial charge in [0.05, 0.1) is 17.3 Å². The van der Waals surface area contributed by atoms with Crippen LogP contribution in [-0.4, -0.2) is 45.0 Å². The number of hydrogen-bond acceptors (Lipinski definition) is 3. The van der Waals surface area contributed by atoms with Gasteiger partial charge in [0.1, 0.15) is 7.85 Å². The van der Waals surface area contributed by atoms with Crippen LogP contribution in [0.2, 0.25) is 0 Å². The van der Waals surface area contributed by atoms with E-state index >= 15 is 0 Å². The maximum Gasteiger partial charge on any atom is 0.274 e.